The topological polar surface area (TPSA) is 198 Å². The largest absolute Gasteiger partial charge is 0.481 e. The predicted octanol–water partition coefficient (Wildman–Crippen LogP) is -1.37. The highest BCUT2D eigenvalue weighted by atomic mass is 35.5. The van der Waals surface area contributed by atoms with Crippen molar-refractivity contribution in [2.24, 2.45) is 0 Å². The van der Waals surface area contributed by atoms with Gasteiger partial charge in [0.25, 0.3) is 5.56 Å². The minimum atomic E-state index is -5.29. The van der Waals surface area contributed by atoms with Crippen LogP contribution in [-0.4, -0.2) is 53.5 Å². The molecule has 1 aromatic rings. The number of H-pyrrole nitrogens is 1. The maximum Gasteiger partial charge on any atom is 0.481 e. The van der Waals surface area contributed by atoms with Gasteiger partial charge in [0.15, 0.2) is 6.23 Å². The molecule has 1 aliphatic heterocycles. The Labute approximate surface area is 143 Å². The minimum Gasteiger partial charge on any atom is -0.389 e. The van der Waals surface area contributed by atoms with Crippen LogP contribution in [-0.2, 0) is 22.7 Å². The smallest absolute Gasteiger partial charge is 0.389 e. The molecule has 0 radical (unpaired) electrons. The number of alkyl halides is 1. The molecule has 0 saturated carbocycles. The summed E-state index contributed by atoms with van der Waals surface area (Å²) in [5.41, 5.74) is -1.53. The maximum atomic E-state index is 11.7. The minimum absolute atomic E-state index is 0.665. The van der Waals surface area contributed by atoms with Crippen LogP contribution >= 0.6 is 27.2 Å². The molecule has 0 spiro atoms. The standard InChI is InChI=1S/C9H13ClN2O11P2/c10-6-7(14)4(3-21-25(19,20)23-24(16,17)18)22-8(6)12-2-1-5(13)11-9(12)15/h1-2,4,6-8,14H,3H2,(H,19,20)(H,11,13,15)(H2,16,17,18)/t4-,6-,7-,8-/m1/s1. The quantitative estimate of drug-likeness (QED) is 0.267. The van der Waals surface area contributed by atoms with Crippen molar-refractivity contribution in [3.05, 3.63) is 33.1 Å². The van der Waals surface area contributed by atoms with E-state index in [0.717, 1.165) is 16.8 Å². The zero-order valence-electron chi connectivity index (χ0n) is 12.0. The van der Waals surface area contributed by atoms with Crippen LogP contribution in [0.25, 0.3) is 0 Å². The second-order valence-electron chi connectivity index (χ2n) is 4.85. The van der Waals surface area contributed by atoms with Gasteiger partial charge in [0.1, 0.15) is 17.6 Å². The summed E-state index contributed by atoms with van der Waals surface area (Å²) in [6.07, 6.45) is -2.96. The summed E-state index contributed by atoms with van der Waals surface area (Å²) in [5.74, 6) is 0. The lowest BCUT2D eigenvalue weighted by molar-refractivity contribution is -0.0448. The first-order chi connectivity index (χ1) is 11.4. The molecule has 2 rings (SSSR count). The molecular formula is C9H13ClN2O11P2. The molecule has 1 aliphatic rings. The highest BCUT2D eigenvalue weighted by molar-refractivity contribution is 7.60. The molecule has 0 bridgehead atoms. The molecule has 2 heterocycles. The van der Waals surface area contributed by atoms with Crippen molar-refractivity contribution in [1.82, 2.24) is 9.55 Å². The number of aliphatic hydroxyl groups is 1. The number of phosphoric ester groups is 1. The number of aromatic amines is 1. The van der Waals surface area contributed by atoms with Crippen LogP contribution in [0.15, 0.2) is 21.9 Å². The Bertz CT molecular complexity index is 833. The van der Waals surface area contributed by atoms with Gasteiger partial charge in [0, 0.05) is 12.3 Å². The van der Waals surface area contributed by atoms with Gasteiger partial charge in [-0.2, -0.15) is 4.31 Å². The molecule has 5 atom stereocenters. The van der Waals surface area contributed by atoms with E-state index in [4.69, 9.17) is 26.1 Å². The first-order valence-electron chi connectivity index (χ1n) is 6.43. The van der Waals surface area contributed by atoms with Gasteiger partial charge in [0.2, 0.25) is 0 Å². The third-order valence-corrected chi connectivity index (χ3v) is 5.66. The Morgan fingerprint density at radius 1 is 1.32 bits per heavy atom. The van der Waals surface area contributed by atoms with Crippen LogP contribution in [0.2, 0.25) is 0 Å². The lowest BCUT2D eigenvalue weighted by Crippen LogP contribution is -2.35. The molecular weight excluding hydrogens is 410 g/mol. The van der Waals surface area contributed by atoms with E-state index in [2.05, 4.69) is 8.83 Å². The molecule has 142 valence electrons. The van der Waals surface area contributed by atoms with Gasteiger partial charge in [-0.1, -0.05) is 0 Å². The molecule has 1 aromatic heterocycles. The Balaban J connectivity index is 2.09. The van der Waals surface area contributed by atoms with Crippen molar-refractivity contribution in [2.75, 3.05) is 6.61 Å². The van der Waals surface area contributed by atoms with Gasteiger partial charge in [-0.15, -0.1) is 11.6 Å². The number of halogens is 1. The van der Waals surface area contributed by atoms with Gasteiger partial charge >= 0.3 is 21.3 Å². The molecule has 0 amide bonds. The first kappa shape index (κ1) is 20.5. The summed E-state index contributed by atoms with van der Waals surface area (Å²) < 4.78 is 36.0. The third kappa shape index (κ3) is 5.31. The normalized spacial score (nSPS) is 29.5. The Morgan fingerprint density at radius 3 is 2.52 bits per heavy atom. The lowest BCUT2D eigenvalue weighted by Gasteiger charge is -2.17. The van der Waals surface area contributed by atoms with Crippen LogP contribution in [0.1, 0.15) is 6.23 Å². The maximum absolute atomic E-state index is 11.7. The van der Waals surface area contributed by atoms with Crippen LogP contribution < -0.4 is 11.2 Å². The number of hydrogen-bond donors (Lipinski definition) is 5. The molecule has 1 unspecified atom stereocenters. The van der Waals surface area contributed by atoms with E-state index < -0.39 is 57.3 Å². The number of nitrogens with one attached hydrogen (secondary N) is 1. The molecule has 0 aromatic carbocycles. The van der Waals surface area contributed by atoms with E-state index in [1.54, 1.807) is 0 Å². The second kappa shape index (κ2) is 7.41. The number of rotatable bonds is 6. The fourth-order valence-electron chi connectivity index (χ4n) is 2.02. The molecule has 1 saturated heterocycles. The zero-order chi connectivity index (χ0) is 19.0. The number of aromatic nitrogens is 2. The Kier molecular flexibility index (Phi) is 6.07. The molecule has 0 aliphatic carbocycles. The molecule has 16 heteroatoms. The number of ether oxygens (including phenoxy) is 1. The van der Waals surface area contributed by atoms with Crippen molar-refractivity contribution in [2.45, 2.75) is 23.8 Å². The van der Waals surface area contributed by atoms with Crippen molar-refractivity contribution < 1.29 is 42.5 Å². The zero-order valence-corrected chi connectivity index (χ0v) is 14.6. The van der Waals surface area contributed by atoms with Crippen LogP contribution in [0.3, 0.4) is 0 Å². The van der Waals surface area contributed by atoms with Gasteiger partial charge < -0.3 is 24.5 Å². The summed E-state index contributed by atoms with van der Waals surface area (Å²) in [7, 11) is -10.4. The number of hydrogen-bond acceptors (Lipinski definition) is 8. The average molecular weight is 423 g/mol. The fourth-order valence-corrected chi connectivity index (χ4v) is 3.96. The van der Waals surface area contributed by atoms with E-state index in [0.29, 0.717) is 0 Å². The lowest BCUT2D eigenvalue weighted by atomic mass is 10.2. The van der Waals surface area contributed by atoms with E-state index in [1.165, 1.54) is 0 Å². The number of aliphatic hydroxyl groups excluding tert-OH is 1. The van der Waals surface area contributed by atoms with E-state index >= 15 is 0 Å². The summed E-state index contributed by atoms with van der Waals surface area (Å²) in [6.45, 7) is -0.827. The molecule has 1 fully saturated rings. The molecule has 25 heavy (non-hydrogen) atoms. The van der Waals surface area contributed by atoms with Crippen LogP contribution in [0, 0.1) is 0 Å². The molecule has 13 nitrogen and oxygen atoms in total. The van der Waals surface area contributed by atoms with E-state index in [1.807, 2.05) is 4.98 Å². The Morgan fingerprint density at radius 2 is 1.96 bits per heavy atom. The number of nitrogens with zero attached hydrogens (tertiary/aromatic N) is 1. The summed E-state index contributed by atoms with van der Waals surface area (Å²) in [4.78, 5) is 50.9. The summed E-state index contributed by atoms with van der Waals surface area (Å²) in [5, 5.41) is 8.78. The van der Waals surface area contributed by atoms with Crippen molar-refractivity contribution in [3.63, 3.8) is 0 Å². The fraction of sp³-hybridized carbons (Fsp3) is 0.556. The van der Waals surface area contributed by atoms with E-state index in [-0.39, 0.29) is 0 Å². The van der Waals surface area contributed by atoms with Gasteiger partial charge in [-0.25, -0.2) is 13.9 Å². The SMILES string of the molecule is O=c1ccn([C@@H]2O[C@H](COP(=O)(O)OP(=O)(O)O)[C@@H](O)[C@H]2Cl)c(=O)[nH]1. The van der Waals surface area contributed by atoms with Gasteiger partial charge in [0.05, 0.1) is 6.61 Å². The van der Waals surface area contributed by atoms with E-state index in [9.17, 15) is 28.7 Å². The predicted molar refractivity (Wildman–Crippen MR) is 79.8 cm³/mol. The highest BCUT2D eigenvalue weighted by Crippen LogP contribution is 2.57. The van der Waals surface area contributed by atoms with Gasteiger partial charge in [-0.05, 0) is 0 Å². The van der Waals surface area contributed by atoms with Crippen molar-refractivity contribution in [1.29, 1.82) is 0 Å². The van der Waals surface area contributed by atoms with Crippen LogP contribution in [0.5, 0.6) is 0 Å². The molecule has 5 N–H and O–H groups in total. The average Bonchev–Trinajstić information content (AvgIpc) is 2.71. The van der Waals surface area contributed by atoms with Crippen molar-refractivity contribution in [3.8, 4) is 0 Å². The Hall–Kier alpha value is -0.850. The second-order valence-corrected chi connectivity index (χ2v) is 8.19. The summed E-state index contributed by atoms with van der Waals surface area (Å²) in [6, 6.07) is 1.01. The highest BCUT2D eigenvalue weighted by Gasteiger charge is 2.45. The summed E-state index contributed by atoms with van der Waals surface area (Å²) >= 11 is 5.96. The van der Waals surface area contributed by atoms with Crippen LogP contribution in [0.4, 0.5) is 0 Å². The number of phosphoric acid groups is 2. The van der Waals surface area contributed by atoms with Gasteiger partial charge in [-0.3, -0.25) is 18.9 Å². The third-order valence-electron chi connectivity index (χ3n) is 3.03. The van der Waals surface area contributed by atoms with Crippen molar-refractivity contribution >= 4 is 27.2 Å². The first-order valence-corrected chi connectivity index (χ1v) is 9.89. The monoisotopic (exact) mass is 422 g/mol.